The highest BCUT2D eigenvalue weighted by Crippen LogP contribution is 2.26. The van der Waals surface area contributed by atoms with Gasteiger partial charge in [-0.15, -0.1) is 0 Å². The molecule has 0 radical (unpaired) electrons. The molecule has 0 atom stereocenters. The van der Waals surface area contributed by atoms with E-state index in [0.29, 0.717) is 24.6 Å². The van der Waals surface area contributed by atoms with Gasteiger partial charge in [0.25, 0.3) is 5.91 Å². The Morgan fingerprint density at radius 3 is 2.53 bits per heavy atom. The fourth-order valence-electron chi connectivity index (χ4n) is 4.25. The number of nitrogens with zero attached hydrogens (tertiary/aromatic N) is 2. The highest BCUT2D eigenvalue weighted by molar-refractivity contribution is 6.02. The molecule has 0 saturated heterocycles. The molecular weight excluding hydrogens is 400 g/mol. The average Bonchev–Trinajstić information content (AvgIpc) is 3.24. The zero-order valence-electron chi connectivity index (χ0n) is 18.5. The molecule has 0 bridgehead atoms. The normalized spacial score (nSPS) is 14.2. The number of nitrogens with one attached hydrogen (secondary N) is 2. The molecule has 32 heavy (non-hydrogen) atoms. The molecule has 1 aliphatic carbocycles. The van der Waals surface area contributed by atoms with Crippen LogP contribution in [0.15, 0.2) is 61.1 Å². The Bertz CT molecular complexity index is 1070. The Balaban J connectivity index is 1.29. The van der Waals surface area contributed by atoms with Crippen LogP contribution in [0.5, 0.6) is 0 Å². The SMILES string of the molecule is Cc1cccc(NC(=O)c2cn(Cc3ccc(NC(=O)CC4CCCCC4)cc3)cn2)c1. The number of aromatic nitrogens is 2. The van der Waals surface area contributed by atoms with Crippen molar-refractivity contribution in [3.05, 3.63) is 77.9 Å². The number of aryl methyl sites for hydroxylation is 1. The molecule has 1 aliphatic rings. The van der Waals surface area contributed by atoms with Crippen LogP contribution in [0.4, 0.5) is 11.4 Å². The molecular formula is C26H30N4O2. The van der Waals surface area contributed by atoms with E-state index in [2.05, 4.69) is 15.6 Å². The Kier molecular flexibility index (Phi) is 7.00. The van der Waals surface area contributed by atoms with Gasteiger partial charge in [0.1, 0.15) is 5.69 Å². The second kappa shape index (κ2) is 10.3. The lowest BCUT2D eigenvalue weighted by atomic mass is 9.87. The third kappa shape index (κ3) is 6.06. The summed E-state index contributed by atoms with van der Waals surface area (Å²) in [5.41, 5.74) is 4.10. The number of anilines is 2. The highest BCUT2D eigenvalue weighted by atomic mass is 16.2. The van der Waals surface area contributed by atoms with Gasteiger partial charge in [-0.1, -0.05) is 43.5 Å². The fraction of sp³-hybridized carbons (Fsp3) is 0.346. The zero-order chi connectivity index (χ0) is 22.3. The van der Waals surface area contributed by atoms with E-state index < -0.39 is 0 Å². The van der Waals surface area contributed by atoms with Crippen LogP contribution in [-0.2, 0) is 11.3 Å². The summed E-state index contributed by atoms with van der Waals surface area (Å²) in [7, 11) is 0. The van der Waals surface area contributed by atoms with E-state index in [9.17, 15) is 9.59 Å². The Labute approximate surface area is 189 Å². The summed E-state index contributed by atoms with van der Waals surface area (Å²) >= 11 is 0. The van der Waals surface area contributed by atoms with Crippen LogP contribution in [0.2, 0.25) is 0 Å². The first-order valence-corrected chi connectivity index (χ1v) is 11.3. The minimum atomic E-state index is -0.231. The van der Waals surface area contributed by atoms with Crippen LogP contribution in [0.25, 0.3) is 0 Å². The maximum Gasteiger partial charge on any atom is 0.275 e. The monoisotopic (exact) mass is 430 g/mol. The van der Waals surface area contributed by atoms with Crippen molar-refractivity contribution in [2.24, 2.45) is 5.92 Å². The molecule has 1 heterocycles. The number of carbonyl (C=O) groups excluding carboxylic acids is 2. The minimum Gasteiger partial charge on any atom is -0.332 e. The van der Waals surface area contributed by atoms with E-state index in [1.54, 1.807) is 12.5 Å². The van der Waals surface area contributed by atoms with E-state index in [-0.39, 0.29) is 11.8 Å². The van der Waals surface area contributed by atoms with Gasteiger partial charge in [0.15, 0.2) is 0 Å². The number of rotatable bonds is 7. The quantitative estimate of drug-likeness (QED) is 0.527. The Morgan fingerprint density at radius 2 is 1.78 bits per heavy atom. The fourth-order valence-corrected chi connectivity index (χ4v) is 4.25. The summed E-state index contributed by atoms with van der Waals surface area (Å²) < 4.78 is 1.88. The minimum absolute atomic E-state index is 0.100. The van der Waals surface area contributed by atoms with Crippen molar-refractivity contribution in [3.8, 4) is 0 Å². The van der Waals surface area contributed by atoms with Gasteiger partial charge < -0.3 is 15.2 Å². The molecule has 4 rings (SSSR count). The third-order valence-corrected chi connectivity index (χ3v) is 5.94. The summed E-state index contributed by atoms with van der Waals surface area (Å²) in [6.07, 6.45) is 10.1. The van der Waals surface area contributed by atoms with Crippen LogP contribution in [-0.4, -0.2) is 21.4 Å². The topological polar surface area (TPSA) is 76.0 Å². The number of imidazole rings is 1. The second-order valence-corrected chi connectivity index (χ2v) is 8.71. The van der Waals surface area contributed by atoms with Crippen LogP contribution in [0.3, 0.4) is 0 Å². The molecule has 1 saturated carbocycles. The maximum absolute atomic E-state index is 12.5. The maximum atomic E-state index is 12.5. The van der Waals surface area contributed by atoms with E-state index in [1.165, 1.54) is 32.1 Å². The van der Waals surface area contributed by atoms with Gasteiger partial charge in [0, 0.05) is 30.5 Å². The number of amides is 2. The van der Waals surface area contributed by atoms with Crippen LogP contribution in [0, 0.1) is 12.8 Å². The predicted octanol–water partition coefficient (Wildman–Crippen LogP) is 5.40. The largest absolute Gasteiger partial charge is 0.332 e. The van der Waals surface area contributed by atoms with E-state index in [0.717, 1.165) is 22.5 Å². The van der Waals surface area contributed by atoms with Crippen LogP contribution >= 0.6 is 0 Å². The standard InChI is InChI=1S/C26H30N4O2/c1-19-6-5-9-23(14-19)29-26(32)24-17-30(18-27-24)16-21-10-12-22(13-11-21)28-25(31)15-20-7-3-2-4-8-20/h5-6,9-14,17-18,20H,2-4,7-8,15-16H2,1H3,(H,28,31)(H,29,32). The van der Waals surface area contributed by atoms with Gasteiger partial charge in [-0.2, -0.15) is 0 Å². The van der Waals surface area contributed by atoms with Crippen molar-refractivity contribution < 1.29 is 9.59 Å². The molecule has 0 spiro atoms. The van der Waals surface area contributed by atoms with Crippen molar-refractivity contribution in [1.82, 2.24) is 9.55 Å². The second-order valence-electron chi connectivity index (χ2n) is 8.71. The lowest BCUT2D eigenvalue weighted by Crippen LogP contribution is -2.18. The van der Waals surface area contributed by atoms with Gasteiger partial charge in [0.2, 0.25) is 5.91 Å². The first-order valence-electron chi connectivity index (χ1n) is 11.3. The van der Waals surface area contributed by atoms with Crippen molar-refractivity contribution in [2.45, 2.75) is 52.0 Å². The smallest absolute Gasteiger partial charge is 0.275 e. The summed E-state index contributed by atoms with van der Waals surface area (Å²) in [6.45, 7) is 2.58. The molecule has 6 nitrogen and oxygen atoms in total. The summed E-state index contributed by atoms with van der Waals surface area (Å²) in [4.78, 5) is 29.0. The van der Waals surface area contributed by atoms with Crippen LogP contribution in [0.1, 0.15) is 60.1 Å². The molecule has 166 valence electrons. The molecule has 1 fully saturated rings. The van der Waals surface area contributed by atoms with E-state index in [1.807, 2.05) is 60.0 Å². The number of hydrogen-bond acceptors (Lipinski definition) is 3. The molecule has 6 heteroatoms. The Morgan fingerprint density at radius 1 is 1.00 bits per heavy atom. The summed E-state index contributed by atoms with van der Waals surface area (Å²) in [6, 6.07) is 15.5. The summed E-state index contributed by atoms with van der Waals surface area (Å²) in [5, 5.41) is 5.89. The van der Waals surface area contributed by atoms with E-state index >= 15 is 0 Å². The van der Waals surface area contributed by atoms with Gasteiger partial charge in [-0.05, 0) is 61.1 Å². The average molecular weight is 431 g/mol. The lowest BCUT2D eigenvalue weighted by Gasteiger charge is -2.20. The van der Waals surface area contributed by atoms with Gasteiger partial charge >= 0.3 is 0 Å². The summed E-state index contributed by atoms with van der Waals surface area (Å²) in [5.74, 6) is 0.399. The van der Waals surface area contributed by atoms with Crippen molar-refractivity contribution >= 4 is 23.2 Å². The number of carbonyl (C=O) groups is 2. The zero-order valence-corrected chi connectivity index (χ0v) is 18.5. The molecule has 2 aromatic carbocycles. The first kappa shape index (κ1) is 21.8. The number of hydrogen-bond donors (Lipinski definition) is 2. The third-order valence-electron chi connectivity index (χ3n) is 5.94. The number of benzene rings is 2. The van der Waals surface area contributed by atoms with Crippen molar-refractivity contribution in [1.29, 1.82) is 0 Å². The lowest BCUT2D eigenvalue weighted by molar-refractivity contribution is -0.117. The highest BCUT2D eigenvalue weighted by Gasteiger charge is 2.17. The molecule has 2 amide bonds. The molecule has 1 aromatic heterocycles. The van der Waals surface area contributed by atoms with Gasteiger partial charge in [-0.3, -0.25) is 9.59 Å². The van der Waals surface area contributed by atoms with Crippen molar-refractivity contribution in [2.75, 3.05) is 10.6 Å². The predicted molar refractivity (Wildman–Crippen MR) is 127 cm³/mol. The Hall–Kier alpha value is -3.41. The van der Waals surface area contributed by atoms with Crippen LogP contribution < -0.4 is 10.6 Å². The molecule has 2 N–H and O–H groups in total. The first-order chi connectivity index (χ1) is 15.5. The van der Waals surface area contributed by atoms with Crippen molar-refractivity contribution in [3.63, 3.8) is 0 Å². The molecule has 0 aliphatic heterocycles. The van der Waals surface area contributed by atoms with E-state index in [4.69, 9.17) is 0 Å². The molecule has 3 aromatic rings. The molecule has 0 unspecified atom stereocenters. The van der Waals surface area contributed by atoms with Gasteiger partial charge in [0.05, 0.1) is 6.33 Å². The van der Waals surface area contributed by atoms with Gasteiger partial charge in [-0.25, -0.2) is 4.98 Å².